The zero-order valence-electron chi connectivity index (χ0n) is 14.0. The molecule has 2 rings (SSSR count). The average molecular weight is 483 g/mol. The Balaban J connectivity index is 2.13. The standard InChI is InChI=1S/C20H16ClIO4/c1-3-10-25-19(23)9-6-15-11-17(22)20(18(12-15)24-2)26-13-14-4-7-16(21)8-5-14/h1,4-9,11-12H,10,13H2,2H3/b9-6+. The van der Waals surface area contributed by atoms with Gasteiger partial charge in [-0.3, -0.25) is 0 Å². The molecule has 0 amide bonds. The molecule has 0 atom stereocenters. The number of rotatable bonds is 7. The summed E-state index contributed by atoms with van der Waals surface area (Å²) in [6, 6.07) is 11.1. The van der Waals surface area contributed by atoms with Crippen LogP contribution in [0.1, 0.15) is 11.1 Å². The fraction of sp³-hybridized carbons (Fsp3) is 0.150. The van der Waals surface area contributed by atoms with E-state index in [1.165, 1.54) is 6.08 Å². The Kier molecular flexibility index (Phi) is 7.82. The Bertz CT molecular complexity index is 838. The van der Waals surface area contributed by atoms with Gasteiger partial charge in [-0.1, -0.05) is 29.7 Å². The van der Waals surface area contributed by atoms with Crippen LogP contribution in [0.2, 0.25) is 5.02 Å². The molecule has 0 radical (unpaired) electrons. The van der Waals surface area contributed by atoms with Crippen molar-refractivity contribution in [3.8, 4) is 23.8 Å². The van der Waals surface area contributed by atoms with E-state index in [2.05, 4.69) is 28.5 Å². The second-order valence-electron chi connectivity index (χ2n) is 5.09. The maximum Gasteiger partial charge on any atom is 0.331 e. The van der Waals surface area contributed by atoms with E-state index in [1.807, 2.05) is 30.3 Å². The van der Waals surface area contributed by atoms with E-state index in [1.54, 1.807) is 19.3 Å². The quantitative estimate of drug-likeness (QED) is 0.248. The number of halogens is 2. The van der Waals surface area contributed by atoms with E-state index in [-0.39, 0.29) is 6.61 Å². The van der Waals surface area contributed by atoms with Crippen molar-refractivity contribution in [3.05, 3.63) is 62.2 Å². The van der Waals surface area contributed by atoms with E-state index in [0.717, 1.165) is 14.7 Å². The molecule has 134 valence electrons. The molecule has 0 aliphatic rings. The van der Waals surface area contributed by atoms with Crippen molar-refractivity contribution < 1.29 is 19.0 Å². The predicted octanol–water partition coefficient (Wildman–Crippen LogP) is 4.72. The third-order valence-corrected chi connectivity index (χ3v) is 4.31. The molecule has 0 aliphatic carbocycles. The SMILES string of the molecule is C#CCOC(=O)/C=C/c1cc(I)c(OCc2ccc(Cl)cc2)c(OC)c1. The third kappa shape index (κ3) is 5.97. The van der Waals surface area contributed by atoms with Crippen LogP contribution >= 0.6 is 34.2 Å². The lowest BCUT2D eigenvalue weighted by atomic mass is 10.2. The van der Waals surface area contributed by atoms with Crippen LogP contribution in [-0.4, -0.2) is 19.7 Å². The molecule has 0 saturated carbocycles. The van der Waals surface area contributed by atoms with Gasteiger partial charge < -0.3 is 14.2 Å². The zero-order chi connectivity index (χ0) is 18.9. The van der Waals surface area contributed by atoms with Gasteiger partial charge in [0.25, 0.3) is 0 Å². The largest absolute Gasteiger partial charge is 0.493 e. The van der Waals surface area contributed by atoms with Crippen molar-refractivity contribution in [2.24, 2.45) is 0 Å². The molecule has 0 spiro atoms. The first-order valence-electron chi connectivity index (χ1n) is 7.56. The highest BCUT2D eigenvalue weighted by atomic mass is 127. The normalized spacial score (nSPS) is 10.4. The lowest BCUT2D eigenvalue weighted by molar-refractivity contribution is -0.136. The summed E-state index contributed by atoms with van der Waals surface area (Å²) in [6.45, 7) is 0.332. The lowest BCUT2D eigenvalue weighted by Gasteiger charge is -2.13. The van der Waals surface area contributed by atoms with Gasteiger partial charge in [-0.15, -0.1) is 6.42 Å². The summed E-state index contributed by atoms with van der Waals surface area (Å²) in [5, 5.41) is 0.679. The van der Waals surface area contributed by atoms with Crippen LogP contribution in [0.4, 0.5) is 0 Å². The van der Waals surface area contributed by atoms with Crippen molar-refractivity contribution in [1.82, 2.24) is 0 Å². The van der Waals surface area contributed by atoms with E-state index < -0.39 is 5.97 Å². The molecule has 0 saturated heterocycles. The minimum absolute atomic E-state index is 0.0541. The number of methoxy groups -OCH3 is 1. The third-order valence-electron chi connectivity index (χ3n) is 3.26. The van der Waals surface area contributed by atoms with E-state index in [9.17, 15) is 4.79 Å². The van der Waals surface area contributed by atoms with E-state index >= 15 is 0 Å². The van der Waals surface area contributed by atoms with E-state index in [4.69, 9.17) is 32.2 Å². The van der Waals surface area contributed by atoms with Crippen molar-refractivity contribution in [2.45, 2.75) is 6.61 Å². The molecule has 26 heavy (non-hydrogen) atoms. The van der Waals surface area contributed by atoms with Crippen LogP contribution in [-0.2, 0) is 16.1 Å². The van der Waals surface area contributed by atoms with Gasteiger partial charge in [0.2, 0.25) is 0 Å². The Labute approximate surface area is 171 Å². The Morgan fingerprint density at radius 3 is 2.69 bits per heavy atom. The van der Waals surface area contributed by atoms with Crippen molar-refractivity contribution >= 4 is 46.2 Å². The van der Waals surface area contributed by atoms with Gasteiger partial charge >= 0.3 is 5.97 Å². The van der Waals surface area contributed by atoms with Gasteiger partial charge in [0.15, 0.2) is 18.1 Å². The Morgan fingerprint density at radius 2 is 2.04 bits per heavy atom. The number of hydrogen-bond donors (Lipinski definition) is 0. The minimum atomic E-state index is -0.500. The molecule has 0 aliphatic heterocycles. The molecule has 4 nitrogen and oxygen atoms in total. The number of carbonyl (C=O) groups excluding carboxylic acids is 1. The number of ether oxygens (including phenoxy) is 3. The molecule has 0 N–H and O–H groups in total. The van der Waals surface area contributed by atoms with Crippen LogP contribution in [0.15, 0.2) is 42.5 Å². The summed E-state index contributed by atoms with van der Waals surface area (Å²) in [7, 11) is 1.56. The lowest BCUT2D eigenvalue weighted by Crippen LogP contribution is -2.01. The van der Waals surface area contributed by atoms with Crippen LogP contribution in [0.5, 0.6) is 11.5 Å². The first kappa shape index (κ1) is 20.1. The molecule has 0 aromatic heterocycles. The first-order valence-corrected chi connectivity index (χ1v) is 9.02. The molecule has 0 bridgehead atoms. The summed E-state index contributed by atoms with van der Waals surface area (Å²) in [5.41, 5.74) is 1.77. The van der Waals surface area contributed by atoms with Crippen LogP contribution in [0.3, 0.4) is 0 Å². The summed E-state index contributed by atoms with van der Waals surface area (Å²) in [5.74, 6) is 2.95. The molecular formula is C20H16ClIO4. The smallest absolute Gasteiger partial charge is 0.331 e. The maximum atomic E-state index is 11.5. The van der Waals surface area contributed by atoms with Crippen molar-refractivity contribution in [3.63, 3.8) is 0 Å². The number of terminal acetylenes is 1. The molecular weight excluding hydrogens is 467 g/mol. The number of hydrogen-bond acceptors (Lipinski definition) is 4. The fourth-order valence-corrected chi connectivity index (χ4v) is 2.94. The molecule has 2 aromatic carbocycles. The van der Waals surface area contributed by atoms with Gasteiger partial charge in [-0.05, 0) is 64.1 Å². The topological polar surface area (TPSA) is 44.8 Å². The Hall–Kier alpha value is -2.17. The highest BCUT2D eigenvalue weighted by Crippen LogP contribution is 2.35. The van der Waals surface area contributed by atoms with Gasteiger partial charge in [0, 0.05) is 11.1 Å². The first-order chi connectivity index (χ1) is 12.5. The number of esters is 1. The summed E-state index contributed by atoms with van der Waals surface area (Å²) in [6.07, 6.45) is 7.99. The van der Waals surface area contributed by atoms with Crippen molar-refractivity contribution in [1.29, 1.82) is 0 Å². The van der Waals surface area contributed by atoms with Gasteiger partial charge in [0.05, 0.1) is 10.7 Å². The van der Waals surface area contributed by atoms with Gasteiger partial charge in [-0.25, -0.2) is 4.79 Å². The van der Waals surface area contributed by atoms with Crippen LogP contribution < -0.4 is 9.47 Å². The van der Waals surface area contributed by atoms with Crippen molar-refractivity contribution in [2.75, 3.05) is 13.7 Å². The summed E-state index contributed by atoms with van der Waals surface area (Å²) < 4.78 is 17.0. The molecule has 0 unspecified atom stereocenters. The maximum absolute atomic E-state index is 11.5. The Morgan fingerprint density at radius 1 is 1.31 bits per heavy atom. The summed E-state index contributed by atoms with van der Waals surface area (Å²) in [4.78, 5) is 11.5. The highest BCUT2D eigenvalue weighted by molar-refractivity contribution is 14.1. The van der Waals surface area contributed by atoms with Gasteiger partial charge in [0.1, 0.15) is 6.61 Å². The van der Waals surface area contributed by atoms with Crippen LogP contribution in [0, 0.1) is 15.9 Å². The molecule has 0 fully saturated rings. The minimum Gasteiger partial charge on any atom is -0.493 e. The van der Waals surface area contributed by atoms with Crippen LogP contribution in [0.25, 0.3) is 6.08 Å². The second-order valence-corrected chi connectivity index (χ2v) is 6.69. The molecule has 6 heteroatoms. The number of carbonyl (C=O) groups is 1. The predicted molar refractivity (Wildman–Crippen MR) is 110 cm³/mol. The monoisotopic (exact) mass is 482 g/mol. The fourth-order valence-electron chi connectivity index (χ4n) is 2.04. The average Bonchev–Trinajstić information content (AvgIpc) is 2.64. The molecule has 2 aromatic rings. The second kappa shape index (κ2) is 10.1. The highest BCUT2D eigenvalue weighted by Gasteiger charge is 2.11. The summed E-state index contributed by atoms with van der Waals surface area (Å²) >= 11 is 8.05. The zero-order valence-corrected chi connectivity index (χ0v) is 16.9. The number of benzene rings is 2. The van der Waals surface area contributed by atoms with Gasteiger partial charge in [-0.2, -0.15) is 0 Å². The molecule has 0 heterocycles. The van der Waals surface area contributed by atoms with E-state index in [0.29, 0.717) is 23.1 Å².